The summed E-state index contributed by atoms with van der Waals surface area (Å²) in [5.74, 6) is 1.01. The fourth-order valence-corrected chi connectivity index (χ4v) is 3.68. The molecule has 4 heterocycles. The van der Waals surface area contributed by atoms with Gasteiger partial charge < -0.3 is 9.26 Å². The molecule has 130 valence electrons. The Morgan fingerprint density at radius 1 is 1.19 bits per heavy atom. The molecule has 4 aromatic rings. The van der Waals surface area contributed by atoms with E-state index in [9.17, 15) is 0 Å². The molecule has 0 saturated carbocycles. The maximum Gasteiger partial charge on any atom is 0.278 e. The van der Waals surface area contributed by atoms with Crippen LogP contribution in [-0.2, 0) is 17.9 Å². The SMILES string of the molecule is Cc1ccc([C@H]2Cn3nc(-c4nc(-c5ccsc5)no4)cc3CO2)cc1. The van der Waals surface area contributed by atoms with Crippen molar-refractivity contribution in [2.75, 3.05) is 0 Å². The van der Waals surface area contributed by atoms with E-state index in [4.69, 9.17) is 9.26 Å². The Kier molecular flexibility index (Phi) is 3.69. The maximum atomic E-state index is 6.02. The monoisotopic (exact) mass is 364 g/mol. The van der Waals surface area contributed by atoms with Crippen LogP contribution in [0.2, 0.25) is 0 Å². The third kappa shape index (κ3) is 2.75. The molecule has 0 fully saturated rings. The summed E-state index contributed by atoms with van der Waals surface area (Å²) in [6.45, 7) is 3.26. The van der Waals surface area contributed by atoms with Crippen molar-refractivity contribution >= 4 is 11.3 Å². The number of benzene rings is 1. The molecule has 0 amide bonds. The first-order chi connectivity index (χ1) is 12.8. The van der Waals surface area contributed by atoms with Gasteiger partial charge in [-0.05, 0) is 30.0 Å². The number of hydrogen-bond donors (Lipinski definition) is 0. The largest absolute Gasteiger partial charge is 0.365 e. The summed E-state index contributed by atoms with van der Waals surface area (Å²) in [5, 5.41) is 12.7. The van der Waals surface area contributed by atoms with Crippen LogP contribution in [0.3, 0.4) is 0 Å². The van der Waals surface area contributed by atoms with Gasteiger partial charge in [-0.2, -0.15) is 21.4 Å². The van der Waals surface area contributed by atoms with Gasteiger partial charge in [0, 0.05) is 10.9 Å². The van der Waals surface area contributed by atoms with Crippen LogP contribution >= 0.6 is 11.3 Å². The van der Waals surface area contributed by atoms with E-state index in [1.807, 2.05) is 27.6 Å². The molecule has 0 aliphatic carbocycles. The highest BCUT2D eigenvalue weighted by Gasteiger charge is 2.24. The zero-order valence-electron chi connectivity index (χ0n) is 14.1. The summed E-state index contributed by atoms with van der Waals surface area (Å²) in [4.78, 5) is 4.47. The summed E-state index contributed by atoms with van der Waals surface area (Å²) in [7, 11) is 0. The maximum absolute atomic E-state index is 6.02. The normalized spacial score (nSPS) is 16.6. The van der Waals surface area contributed by atoms with Crippen molar-refractivity contribution < 1.29 is 9.26 Å². The van der Waals surface area contributed by atoms with Gasteiger partial charge in [0.25, 0.3) is 5.89 Å². The molecule has 0 unspecified atom stereocenters. The van der Waals surface area contributed by atoms with Crippen molar-refractivity contribution in [2.24, 2.45) is 0 Å². The minimum absolute atomic E-state index is 0.0000902. The lowest BCUT2D eigenvalue weighted by molar-refractivity contribution is -0.00113. The van der Waals surface area contributed by atoms with E-state index < -0.39 is 0 Å². The molecule has 0 N–H and O–H groups in total. The molecule has 5 rings (SSSR count). The number of fused-ring (bicyclic) bond motifs is 1. The van der Waals surface area contributed by atoms with Crippen LogP contribution in [0.5, 0.6) is 0 Å². The van der Waals surface area contributed by atoms with Crippen LogP contribution in [-0.4, -0.2) is 19.9 Å². The van der Waals surface area contributed by atoms with E-state index >= 15 is 0 Å². The number of nitrogens with zero attached hydrogens (tertiary/aromatic N) is 4. The van der Waals surface area contributed by atoms with Crippen molar-refractivity contribution in [3.05, 3.63) is 64.0 Å². The number of rotatable bonds is 3. The van der Waals surface area contributed by atoms with Gasteiger partial charge in [0.15, 0.2) is 5.69 Å². The lowest BCUT2D eigenvalue weighted by Gasteiger charge is -2.24. The fourth-order valence-electron chi connectivity index (χ4n) is 3.05. The lowest BCUT2D eigenvalue weighted by atomic mass is 10.1. The van der Waals surface area contributed by atoms with Gasteiger partial charge in [-0.15, -0.1) is 0 Å². The Bertz CT molecular complexity index is 1030. The Morgan fingerprint density at radius 3 is 2.88 bits per heavy atom. The van der Waals surface area contributed by atoms with Crippen molar-refractivity contribution in [1.29, 1.82) is 0 Å². The average molecular weight is 364 g/mol. The average Bonchev–Trinajstić information content (AvgIpc) is 3.40. The zero-order chi connectivity index (χ0) is 17.5. The summed E-state index contributed by atoms with van der Waals surface area (Å²) in [5.41, 5.74) is 5.05. The predicted molar refractivity (Wildman–Crippen MR) is 97.5 cm³/mol. The molecule has 1 aromatic carbocycles. The Balaban J connectivity index is 1.40. The molecular formula is C19H16N4O2S. The number of aromatic nitrogens is 4. The smallest absolute Gasteiger partial charge is 0.278 e. The van der Waals surface area contributed by atoms with Gasteiger partial charge >= 0.3 is 0 Å². The molecule has 1 aliphatic heterocycles. The van der Waals surface area contributed by atoms with Crippen molar-refractivity contribution in [3.63, 3.8) is 0 Å². The molecule has 0 radical (unpaired) electrons. The third-order valence-corrected chi connectivity index (χ3v) is 5.19. The summed E-state index contributed by atoms with van der Waals surface area (Å²) >= 11 is 1.60. The molecule has 6 nitrogen and oxygen atoms in total. The topological polar surface area (TPSA) is 66.0 Å². The number of hydrogen-bond acceptors (Lipinski definition) is 6. The van der Waals surface area contributed by atoms with E-state index in [-0.39, 0.29) is 6.10 Å². The quantitative estimate of drug-likeness (QED) is 0.544. The predicted octanol–water partition coefficient (Wildman–Crippen LogP) is 4.24. The number of thiophene rings is 1. The third-order valence-electron chi connectivity index (χ3n) is 4.51. The first kappa shape index (κ1) is 15.5. The lowest BCUT2D eigenvalue weighted by Crippen LogP contribution is -2.21. The van der Waals surface area contributed by atoms with Crippen molar-refractivity contribution in [1.82, 2.24) is 19.9 Å². The Hall–Kier alpha value is -2.77. The Labute approximate surface area is 154 Å². The Morgan fingerprint density at radius 2 is 2.08 bits per heavy atom. The van der Waals surface area contributed by atoms with Crippen molar-refractivity contribution in [2.45, 2.75) is 26.2 Å². The van der Waals surface area contributed by atoms with Gasteiger partial charge in [0.05, 0.1) is 18.8 Å². The minimum atomic E-state index is -0.0000902. The second-order valence-corrected chi connectivity index (χ2v) is 7.13. The second kappa shape index (κ2) is 6.19. The highest BCUT2D eigenvalue weighted by Crippen LogP contribution is 2.29. The van der Waals surface area contributed by atoms with Gasteiger partial charge in [-0.3, -0.25) is 4.68 Å². The van der Waals surface area contributed by atoms with E-state index in [1.165, 1.54) is 5.56 Å². The zero-order valence-corrected chi connectivity index (χ0v) is 14.9. The van der Waals surface area contributed by atoms with Crippen molar-refractivity contribution in [3.8, 4) is 23.0 Å². The molecule has 1 atom stereocenters. The molecule has 1 aliphatic rings. The van der Waals surface area contributed by atoms with Gasteiger partial charge in [-0.25, -0.2) is 0 Å². The first-order valence-electron chi connectivity index (χ1n) is 8.38. The molecule has 7 heteroatoms. The van der Waals surface area contributed by atoms with E-state index in [0.717, 1.165) is 16.8 Å². The highest BCUT2D eigenvalue weighted by atomic mass is 32.1. The van der Waals surface area contributed by atoms with Crippen LogP contribution in [0.1, 0.15) is 22.9 Å². The van der Waals surface area contributed by atoms with Crippen LogP contribution in [0, 0.1) is 6.92 Å². The van der Waals surface area contributed by atoms with Crippen LogP contribution in [0.4, 0.5) is 0 Å². The van der Waals surface area contributed by atoms with Gasteiger partial charge in [-0.1, -0.05) is 35.0 Å². The highest BCUT2D eigenvalue weighted by molar-refractivity contribution is 7.08. The second-order valence-electron chi connectivity index (χ2n) is 6.35. The summed E-state index contributed by atoms with van der Waals surface area (Å²) in [6, 6.07) is 12.4. The molecule has 3 aromatic heterocycles. The molecule has 0 bridgehead atoms. The summed E-state index contributed by atoms with van der Waals surface area (Å²) in [6.07, 6.45) is -0.0000902. The molecule has 26 heavy (non-hydrogen) atoms. The van der Waals surface area contributed by atoms with Gasteiger partial charge in [0.2, 0.25) is 5.82 Å². The van der Waals surface area contributed by atoms with E-state index in [2.05, 4.69) is 46.4 Å². The number of ether oxygens (including phenoxy) is 1. The number of aryl methyl sites for hydroxylation is 1. The molecule has 0 saturated heterocycles. The summed E-state index contributed by atoms with van der Waals surface area (Å²) < 4.78 is 13.4. The molecule has 0 spiro atoms. The molecular weight excluding hydrogens is 348 g/mol. The van der Waals surface area contributed by atoms with Crippen LogP contribution in [0.25, 0.3) is 23.0 Å². The van der Waals surface area contributed by atoms with E-state index in [1.54, 1.807) is 11.3 Å². The first-order valence-corrected chi connectivity index (χ1v) is 9.32. The minimum Gasteiger partial charge on any atom is -0.365 e. The standard InChI is InChI=1S/C19H16N4O2S/c1-12-2-4-13(5-3-12)17-9-23-15(10-24-17)8-16(21-23)19-20-18(22-25-19)14-6-7-26-11-14/h2-8,11,17H,9-10H2,1H3/t17-/m1/s1. The van der Waals surface area contributed by atoms with Crippen LogP contribution in [0.15, 0.2) is 51.7 Å². The van der Waals surface area contributed by atoms with Gasteiger partial charge in [0.1, 0.15) is 6.10 Å². The van der Waals surface area contributed by atoms with Crippen LogP contribution < -0.4 is 0 Å². The fraction of sp³-hybridized carbons (Fsp3) is 0.211. The van der Waals surface area contributed by atoms with E-state index in [0.29, 0.717) is 30.6 Å².